The summed E-state index contributed by atoms with van der Waals surface area (Å²) in [5.41, 5.74) is 0.176. The molecule has 1 aromatic rings. The number of carboxylic acids is 1. The van der Waals surface area contributed by atoms with Crippen LogP contribution in [-0.4, -0.2) is 30.8 Å². The van der Waals surface area contributed by atoms with E-state index in [1.54, 1.807) is 3.58 Å². The van der Waals surface area contributed by atoms with Gasteiger partial charge in [0.1, 0.15) is 0 Å². The minimum atomic E-state index is -1.14. The quantitative estimate of drug-likeness (QED) is 0.596. The first-order valence-corrected chi connectivity index (χ1v) is 12.2. The zero-order valence-electron chi connectivity index (χ0n) is 11.2. The maximum atomic E-state index is 9.60. The monoisotopic (exact) mass is 419 g/mol. The predicted octanol–water partition coefficient (Wildman–Crippen LogP) is 3.84. The molecule has 1 N–H and O–H groups in total. The van der Waals surface area contributed by atoms with Crippen LogP contribution in [0.3, 0.4) is 0 Å². The Balaban J connectivity index is 0.000000411. The molecule has 0 aromatic heterocycles. The first-order chi connectivity index (χ1) is 8.42. The summed E-state index contributed by atoms with van der Waals surface area (Å²) < 4.78 is 5.72. The van der Waals surface area contributed by atoms with Crippen molar-refractivity contribution >= 4 is 45.2 Å². The van der Waals surface area contributed by atoms with E-state index in [2.05, 4.69) is 60.6 Å². The van der Waals surface area contributed by atoms with Crippen molar-refractivity contribution in [3.63, 3.8) is 0 Å². The summed E-state index contributed by atoms with van der Waals surface area (Å²) in [4.78, 5) is 9.60. The average Bonchev–Trinajstić information content (AvgIpc) is 2.33. The average molecular weight is 419 g/mol. The van der Waals surface area contributed by atoms with Crippen molar-refractivity contribution in [2.45, 2.75) is 29.6 Å². The molecule has 0 fully saturated rings. The number of aliphatic carboxylic acids is 1. The molecule has 1 aromatic carbocycles. The van der Waals surface area contributed by atoms with Crippen LogP contribution in [0.2, 0.25) is 8.87 Å². The second-order valence-electron chi connectivity index (χ2n) is 3.90. The van der Waals surface area contributed by atoms with E-state index in [0.29, 0.717) is 0 Å². The Hall–Kier alpha value is -0.291. The first-order valence-electron chi connectivity index (χ1n) is 5.91. The van der Waals surface area contributed by atoms with Gasteiger partial charge in [0.25, 0.3) is 0 Å². The number of carbonyl (C=O) groups is 1. The molecule has 0 aliphatic rings. The topological polar surface area (TPSA) is 37.3 Å². The van der Waals surface area contributed by atoms with Gasteiger partial charge in [0.15, 0.2) is 0 Å². The molecule has 18 heavy (non-hydrogen) atoms. The van der Waals surface area contributed by atoms with Gasteiger partial charge < -0.3 is 5.11 Å². The molecule has 1 rings (SSSR count). The van der Waals surface area contributed by atoms with Crippen LogP contribution in [0.5, 0.6) is 0 Å². The summed E-state index contributed by atoms with van der Waals surface area (Å²) in [7, 11) is 0. The van der Waals surface area contributed by atoms with Crippen LogP contribution in [-0.2, 0) is 4.79 Å². The summed E-state index contributed by atoms with van der Waals surface area (Å²) in [5, 5.41) is 7.89. The molecule has 0 aliphatic heterocycles. The fraction of sp³-hybridized carbons (Fsp3) is 0.357. The van der Waals surface area contributed by atoms with Crippen molar-refractivity contribution in [2.24, 2.45) is 0 Å². The van der Waals surface area contributed by atoms with Crippen molar-refractivity contribution in [2.75, 3.05) is 0 Å². The van der Waals surface area contributed by atoms with E-state index in [-0.39, 0.29) is 5.57 Å². The molecule has 0 bridgehead atoms. The maximum absolute atomic E-state index is 9.60. The van der Waals surface area contributed by atoms with Gasteiger partial charge in [-0.15, -0.1) is 0 Å². The Bertz CT molecular complexity index is 371. The van der Waals surface area contributed by atoms with Crippen LogP contribution >= 0.6 is 15.9 Å². The Kier molecular flexibility index (Phi) is 9.46. The number of halogens is 1. The van der Waals surface area contributed by atoms with E-state index in [9.17, 15) is 4.79 Å². The summed E-state index contributed by atoms with van der Waals surface area (Å²) in [6, 6.07) is 8.93. The van der Waals surface area contributed by atoms with Gasteiger partial charge in [-0.2, -0.15) is 0 Å². The molecule has 0 saturated heterocycles. The number of benzene rings is 1. The van der Waals surface area contributed by atoms with E-state index in [4.69, 9.17) is 5.11 Å². The molecule has 0 atom stereocenters. The molecule has 2 nitrogen and oxygen atoms in total. The molecular formula is C14H20BrO2Sn. The van der Waals surface area contributed by atoms with Gasteiger partial charge in [-0.3, -0.25) is 0 Å². The van der Waals surface area contributed by atoms with Gasteiger partial charge in [-0.05, 0) is 6.92 Å². The van der Waals surface area contributed by atoms with E-state index in [0.717, 1.165) is 0 Å². The van der Waals surface area contributed by atoms with Crippen LogP contribution < -0.4 is 3.58 Å². The van der Waals surface area contributed by atoms with E-state index < -0.39 is 25.7 Å². The molecule has 0 aliphatic carbocycles. The molecule has 0 saturated carbocycles. The minimum absolute atomic E-state index is 0.176. The molecule has 0 heterocycles. The fourth-order valence-electron chi connectivity index (χ4n) is 1.34. The second-order valence-corrected chi connectivity index (χ2v) is 13.9. The second kappa shape index (κ2) is 9.61. The predicted molar refractivity (Wildman–Crippen MR) is 82.9 cm³/mol. The van der Waals surface area contributed by atoms with Crippen molar-refractivity contribution < 1.29 is 9.90 Å². The van der Waals surface area contributed by atoms with Crippen LogP contribution in [0.15, 0.2) is 40.9 Å². The van der Waals surface area contributed by atoms with Gasteiger partial charge >= 0.3 is 96.7 Å². The molecule has 1 radical (unpaired) electrons. The van der Waals surface area contributed by atoms with Gasteiger partial charge in [0.05, 0.1) is 0 Å². The van der Waals surface area contributed by atoms with Crippen LogP contribution in [0.1, 0.15) is 20.8 Å². The van der Waals surface area contributed by atoms with Gasteiger partial charge in [-0.25, -0.2) is 4.79 Å². The van der Waals surface area contributed by atoms with Crippen molar-refractivity contribution in [3.8, 4) is 0 Å². The molecule has 4 heteroatoms. The molecule has 0 spiro atoms. The van der Waals surface area contributed by atoms with Gasteiger partial charge in [0, 0.05) is 5.57 Å². The summed E-state index contributed by atoms with van der Waals surface area (Å²) >= 11 is 2.32. The summed E-state index contributed by atoms with van der Waals surface area (Å²) in [6.07, 6.45) is 0. The van der Waals surface area contributed by atoms with Crippen LogP contribution in [0.25, 0.3) is 0 Å². The first kappa shape index (κ1) is 17.7. The molecule has 0 amide bonds. The van der Waals surface area contributed by atoms with Crippen molar-refractivity contribution in [1.82, 2.24) is 0 Å². The zero-order chi connectivity index (χ0) is 14.1. The van der Waals surface area contributed by atoms with Crippen LogP contribution in [0, 0.1) is 0 Å². The van der Waals surface area contributed by atoms with Gasteiger partial charge in [-0.1, -0.05) is 6.58 Å². The number of carboxylic acid groups (broad SMARTS) is 1. The fourth-order valence-corrected chi connectivity index (χ4v) is 7.19. The number of rotatable bonds is 4. The molecule has 99 valence electrons. The van der Waals surface area contributed by atoms with Crippen molar-refractivity contribution in [3.05, 3.63) is 40.9 Å². The normalized spacial score (nSPS) is 9.61. The third-order valence-corrected chi connectivity index (χ3v) is 11.2. The molecular weight excluding hydrogens is 399 g/mol. The van der Waals surface area contributed by atoms with Crippen LogP contribution in [0.4, 0.5) is 0 Å². The number of hydrogen-bond acceptors (Lipinski definition) is 1. The third kappa shape index (κ3) is 7.21. The van der Waals surface area contributed by atoms with E-state index in [1.807, 2.05) is 0 Å². The number of hydrogen-bond donors (Lipinski definition) is 1. The standard InChI is InChI=1S/C6H4Br.C4H6O2.2C2H5.Sn/c7-6-4-2-1-3-5-6;1-3(2)4(5)6;2*1-2;/h2-5H;1H2,2H3,(H,5,6);2*1H2,2H3;. The van der Waals surface area contributed by atoms with E-state index in [1.165, 1.54) is 20.3 Å². The van der Waals surface area contributed by atoms with Gasteiger partial charge in [0.2, 0.25) is 0 Å². The SMILES string of the molecule is C=C(C)C(=O)O.C[CH2][Sn]([CH2]C)[c]1ccc(Br)cc1. The summed E-state index contributed by atoms with van der Waals surface area (Å²) in [5.74, 6) is -0.935. The van der Waals surface area contributed by atoms with E-state index >= 15 is 0 Å². The summed E-state index contributed by atoms with van der Waals surface area (Å²) in [6.45, 7) is 9.27. The third-order valence-electron chi connectivity index (χ3n) is 2.47. The Morgan fingerprint density at radius 2 is 1.67 bits per heavy atom. The van der Waals surface area contributed by atoms with Crippen molar-refractivity contribution in [1.29, 1.82) is 0 Å². The Labute approximate surface area is 125 Å². The zero-order valence-corrected chi connectivity index (χ0v) is 15.6. The Morgan fingerprint density at radius 1 is 1.28 bits per heavy atom. The Morgan fingerprint density at radius 3 is 1.94 bits per heavy atom. The molecule has 0 unspecified atom stereocenters.